The molecule has 11 heteroatoms. The van der Waals surface area contributed by atoms with Crippen molar-refractivity contribution in [2.45, 2.75) is 24.2 Å². The number of halogens is 2. The van der Waals surface area contributed by atoms with E-state index in [0.29, 0.717) is 36.2 Å². The Labute approximate surface area is 235 Å². The summed E-state index contributed by atoms with van der Waals surface area (Å²) in [4.78, 5) is 19.5. The predicted octanol–water partition coefficient (Wildman–Crippen LogP) is 5.33. The first-order valence-electron chi connectivity index (χ1n) is 12.4. The molecule has 2 aromatic heterocycles. The van der Waals surface area contributed by atoms with Gasteiger partial charge in [0.25, 0.3) is 0 Å². The van der Waals surface area contributed by atoms with Crippen molar-refractivity contribution in [2.75, 3.05) is 30.7 Å². The summed E-state index contributed by atoms with van der Waals surface area (Å²) >= 11 is 9.96. The van der Waals surface area contributed by atoms with Gasteiger partial charge in [-0.3, -0.25) is 4.79 Å². The second-order valence-electron chi connectivity index (χ2n) is 9.32. The second kappa shape index (κ2) is 11.4. The molecule has 1 aliphatic heterocycles. The van der Waals surface area contributed by atoms with Gasteiger partial charge >= 0.3 is 0 Å². The fourth-order valence-electron chi connectivity index (χ4n) is 4.63. The fourth-order valence-corrected chi connectivity index (χ4v) is 6.46. The number of amides is 1. The van der Waals surface area contributed by atoms with Crippen molar-refractivity contribution in [1.82, 2.24) is 19.5 Å². The molecule has 3 heterocycles. The molecule has 8 nitrogen and oxygen atoms in total. The maximum absolute atomic E-state index is 12.7. The molecule has 0 saturated carbocycles. The largest absolute Gasteiger partial charge is 0.370 e. The Bertz CT molecular complexity index is 1550. The number of hydrogen-bond acceptors (Lipinski definition) is 6. The molecule has 4 aromatic rings. The van der Waals surface area contributed by atoms with Crippen LogP contribution in [0.1, 0.15) is 19.3 Å². The topological polar surface area (TPSA) is 96.7 Å². The molecule has 1 saturated heterocycles. The predicted molar refractivity (Wildman–Crippen MR) is 152 cm³/mol. The third-order valence-corrected chi connectivity index (χ3v) is 9.43. The number of rotatable bonds is 8. The summed E-state index contributed by atoms with van der Waals surface area (Å²) in [5.41, 5.74) is 2.28. The zero-order valence-electron chi connectivity index (χ0n) is 20.6. The van der Waals surface area contributed by atoms with E-state index in [2.05, 4.69) is 26.3 Å². The Morgan fingerprint density at radius 1 is 1.08 bits per heavy atom. The normalized spacial score (nSPS) is 14.6. The highest BCUT2D eigenvalue weighted by Crippen LogP contribution is 2.30. The molecule has 198 valence electrons. The van der Waals surface area contributed by atoms with Crippen molar-refractivity contribution in [3.05, 3.63) is 76.4 Å². The Morgan fingerprint density at radius 2 is 1.79 bits per heavy atom. The third kappa shape index (κ3) is 5.87. The summed E-state index contributed by atoms with van der Waals surface area (Å²) < 4.78 is 27.6. The summed E-state index contributed by atoms with van der Waals surface area (Å²) in [6, 6.07) is 17.8. The van der Waals surface area contributed by atoms with Crippen molar-refractivity contribution in [2.24, 2.45) is 5.92 Å². The molecule has 0 bridgehead atoms. The van der Waals surface area contributed by atoms with Crippen LogP contribution in [0, 0.1) is 5.92 Å². The zero-order valence-corrected chi connectivity index (χ0v) is 23.7. The van der Waals surface area contributed by atoms with Gasteiger partial charge in [0.1, 0.15) is 5.82 Å². The van der Waals surface area contributed by atoms with Crippen LogP contribution in [-0.4, -0.2) is 59.2 Å². The first-order chi connectivity index (χ1) is 18.3. The molecule has 0 atom stereocenters. The number of carbonyl (C=O) groups excluding carboxylic acids is 1. The molecule has 38 heavy (non-hydrogen) atoms. The maximum Gasteiger partial charge on any atom is 0.223 e. The highest BCUT2D eigenvalue weighted by atomic mass is 79.9. The smallest absolute Gasteiger partial charge is 0.223 e. The molecule has 0 spiro atoms. The van der Waals surface area contributed by atoms with E-state index in [9.17, 15) is 13.2 Å². The Kier molecular flexibility index (Phi) is 8.01. The number of aromatic nitrogens is 3. The molecule has 2 aromatic carbocycles. The van der Waals surface area contributed by atoms with E-state index in [4.69, 9.17) is 16.6 Å². The molecule has 0 radical (unpaired) electrons. The highest BCUT2D eigenvalue weighted by Gasteiger charge is 2.25. The minimum absolute atomic E-state index is 0.00581. The first-order valence-corrected chi connectivity index (χ1v) is 15.2. The van der Waals surface area contributed by atoms with E-state index in [1.165, 1.54) is 0 Å². The number of fused-ring (bicyclic) bond motifs is 1. The minimum Gasteiger partial charge on any atom is -0.370 e. The van der Waals surface area contributed by atoms with Crippen molar-refractivity contribution < 1.29 is 13.2 Å². The van der Waals surface area contributed by atoms with E-state index in [-0.39, 0.29) is 23.0 Å². The van der Waals surface area contributed by atoms with Crippen molar-refractivity contribution >= 4 is 54.7 Å². The van der Waals surface area contributed by atoms with Gasteiger partial charge in [0.15, 0.2) is 15.5 Å². The summed E-state index contributed by atoms with van der Waals surface area (Å²) in [6.45, 7) is 1.93. The Balaban J connectivity index is 1.19. The number of benzene rings is 2. The SMILES string of the molecule is O=C(CCS(=O)(=O)c1ccccc1)N1CCC(CNc2cc(-c3ccccc3Cl)nc3c(Br)cnn23)CC1. The van der Waals surface area contributed by atoms with Gasteiger partial charge in [-0.1, -0.05) is 48.0 Å². The van der Waals surface area contributed by atoms with E-state index in [1.54, 1.807) is 45.9 Å². The van der Waals surface area contributed by atoms with Crippen LogP contribution in [0.5, 0.6) is 0 Å². The molecule has 1 fully saturated rings. The average Bonchev–Trinajstić information content (AvgIpc) is 3.32. The van der Waals surface area contributed by atoms with Crippen LogP contribution in [-0.2, 0) is 14.6 Å². The fraction of sp³-hybridized carbons (Fsp3) is 0.296. The van der Waals surface area contributed by atoms with Gasteiger partial charge in [0.2, 0.25) is 5.91 Å². The van der Waals surface area contributed by atoms with Crippen molar-refractivity contribution in [3.63, 3.8) is 0 Å². The quantitative estimate of drug-likeness (QED) is 0.288. The standard InChI is InChI=1S/C27H27BrClN5O3S/c28-22-18-31-34-25(16-24(32-27(22)34)21-8-4-5-9-23(21)29)30-17-19-10-13-33(14-11-19)26(35)12-15-38(36,37)20-6-2-1-3-7-20/h1-9,16,18-19,30H,10-15,17H2. The number of sulfone groups is 1. The Morgan fingerprint density at radius 3 is 2.53 bits per heavy atom. The molecule has 1 N–H and O–H groups in total. The van der Waals surface area contributed by atoms with Crippen LogP contribution in [0.3, 0.4) is 0 Å². The number of carbonyl (C=O) groups is 1. The van der Waals surface area contributed by atoms with Gasteiger partial charge in [-0.05, 0) is 52.9 Å². The monoisotopic (exact) mass is 615 g/mol. The molecule has 5 rings (SSSR count). The van der Waals surface area contributed by atoms with Crippen LogP contribution in [0.15, 0.2) is 76.2 Å². The maximum atomic E-state index is 12.7. The lowest BCUT2D eigenvalue weighted by Crippen LogP contribution is -2.40. The van der Waals surface area contributed by atoms with Gasteiger partial charge in [-0.15, -0.1) is 0 Å². The van der Waals surface area contributed by atoms with Gasteiger partial charge in [-0.25, -0.2) is 13.4 Å². The van der Waals surface area contributed by atoms with E-state index in [1.807, 2.05) is 30.3 Å². The summed E-state index contributed by atoms with van der Waals surface area (Å²) in [5.74, 6) is 0.874. The number of nitrogens with zero attached hydrogens (tertiary/aromatic N) is 4. The minimum atomic E-state index is -3.47. The number of nitrogens with one attached hydrogen (secondary N) is 1. The number of anilines is 1. The summed E-state index contributed by atoms with van der Waals surface area (Å²) in [6.07, 6.45) is 3.37. The molecule has 0 unspecified atom stereocenters. The Hall–Kier alpha value is -2.95. The average molecular weight is 617 g/mol. The van der Waals surface area contributed by atoms with E-state index >= 15 is 0 Å². The van der Waals surface area contributed by atoms with Crippen molar-refractivity contribution in [1.29, 1.82) is 0 Å². The number of piperidine rings is 1. The molecule has 1 amide bonds. The van der Waals surface area contributed by atoms with Crippen LogP contribution < -0.4 is 5.32 Å². The molecule has 1 aliphatic rings. The van der Waals surface area contributed by atoms with Crippen LogP contribution in [0.2, 0.25) is 5.02 Å². The van der Waals surface area contributed by atoms with Crippen LogP contribution in [0.4, 0.5) is 5.82 Å². The van der Waals surface area contributed by atoms with Gasteiger partial charge in [0.05, 0.1) is 27.0 Å². The van der Waals surface area contributed by atoms with Crippen LogP contribution in [0.25, 0.3) is 16.9 Å². The zero-order chi connectivity index (χ0) is 26.7. The lowest BCUT2D eigenvalue weighted by atomic mass is 9.96. The lowest BCUT2D eigenvalue weighted by molar-refractivity contribution is -0.132. The molecule has 0 aliphatic carbocycles. The molecular formula is C27H27BrClN5O3S. The first kappa shape index (κ1) is 26.6. The van der Waals surface area contributed by atoms with Gasteiger partial charge in [-0.2, -0.15) is 9.61 Å². The second-order valence-corrected chi connectivity index (χ2v) is 12.7. The van der Waals surface area contributed by atoms with Gasteiger partial charge in [0, 0.05) is 42.7 Å². The number of likely N-dealkylation sites (tertiary alicyclic amines) is 1. The van der Waals surface area contributed by atoms with E-state index in [0.717, 1.165) is 34.4 Å². The highest BCUT2D eigenvalue weighted by molar-refractivity contribution is 9.10. The van der Waals surface area contributed by atoms with Crippen LogP contribution >= 0.6 is 27.5 Å². The number of hydrogen-bond donors (Lipinski definition) is 1. The van der Waals surface area contributed by atoms with Crippen molar-refractivity contribution in [3.8, 4) is 11.3 Å². The van der Waals surface area contributed by atoms with Gasteiger partial charge < -0.3 is 10.2 Å². The van der Waals surface area contributed by atoms with E-state index < -0.39 is 9.84 Å². The third-order valence-electron chi connectivity index (χ3n) is 6.80. The molecular weight excluding hydrogens is 590 g/mol. The lowest BCUT2D eigenvalue weighted by Gasteiger charge is -2.32. The summed E-state index contributed by atoms with van der Waals surface area (Å²) in [5, 5.41) is 8.59. The summed E-state index contributed by atoms with van der Waals surface area (Å²) in [7, 11) is -3.47.